The lowest BCUT2D eigenvalue weighted by Gasteiger charge is -2.19. The van der Waals surface area contributed by atoms with E-state index in [-0.39, 0.29) is 12.0 Å². The van der Waals surface area contributed by atoms with E-state index in [9.17, 15) is 4.79 Å². The summed E-state index contributed by atoms with van der Waals surface area (Å²) in [6.07, 6.45) is 3.60. The first kappa shape index (κ1) is 20.7. The van der Waals surface area contributed by atoms with Gasteiger partial charge in [0.1, 0.15) is 0 Å². The smallest absolute Gasteiger partial charge is 0.340 e. The van der Waals surface area contributed by atoms with Crippen LogP contribution in [0.2, 0.25) is 0 Å². The minimum atomic E-state index is -0.356. The first-order valence-corrected chi connectivity index (χ1v) is 10.5. The molecular weight excluding hydrogens is 386 g/mol. The zero-order valence-electron chi connectivity index (χ0n) is 17.7. The zero-order chi connectivity index (χ0) is 21.6. The van der Waals surface area contributed by atoms with Gasteiger partial charge in [-0.15, -0.1) is 0 Å². The van der Waals surface area contributed by atoms with E-state index in [1.807, 2.05) is 79.9 Å². The Morgan fingerprint density at radius 2 is 1.81 bits per heavy atom. The molecule has 0 bridgehead atoms. The van der Waals surface area contributed by atoms with Crippen molar-refractivity contribution in [2.45, 2.75) is 26.4 Å². The Bertz CT molecular complexity index is 1180. The lowest BCUT2D eigenvalue weighted by molar-refractivity contribution is 0.0525. The fraction of sp³-hybridized carbons (Fsp3) is 0.192. The number of nitrogens with zero attached hydrogens (tertiary/aromatic N) is 2. The van der Waals surface area contributed by atoms with Crippen LogP contribution in [0, 0.1) is 0 Å². The molecule has 2 aromatic heterocycles. The van der Waals surface area contributed by atoms with E-state index in [4.69, 9.17) is 9.72 Å². The van der Waals surface area contributed by atoms with Crippen molar-refractivity contribution in [3.8, 4) is 11.1 Å². The van der Waals surface area contributed by atoms with Crippen molar-refractivity contribution in [2.75, 3.05) is 6.61 Å². The predicted octanol–water partition coefficient (Wildman–Crippen LogP) is 5.32. The van der Waals surface area contributed by atoms with Crippen molar-refractivity contribution in [2.24, 2.45) is 0 Å². The van der Waals surface area contributed by atoms with Crippen LogP contribution in [0.25, 0.3) is 22.0 Å². The number of ether oxygens (including phenoxy) is 1. The standard InChI is InChI=1S/C26H25N3O2/c1-3-31-26(30)25-23(17-28-18(2)20-12-9-15-27-16-20)29-22-14-8-7-13-21(22)24(25)19-10-5-4-6-11-19/h4-16,18,28H,3,17H2,1-2H3. The number of para-hydroxylation sites is 1. The molecule has 1 atom stereocenters. The van der Waals surface area contributed by atoms with Crippen LogP contribution in [0.15, 0.2) is 79.1 Å². The number of benzene rings is 2. The van der Waals surface area contributed by atoms with Crippen LogP contribution in [0.4, 0.5) is 0 Å². The third-order valence-corrected chi connectivity index (χ3v) is 5.27. The molecule has 0 spiro atoms. The first-order chi connectivity index (χ1) is 15.2. The second-order valence-corrected chi connectivity index (χ2v) is 7.30. The maximum Gasteiger partial charge on any atom is 0.340 e. The van der Waals surface area contributed by atoms with Gasteiger partial charge in [-0.1, -0.05) is 54.6 Å². The molecule has 1 unspecified atom stereocenters. The summed E-state index contributed by atoms with van der Waals surface area (Å²) in [5, 5.41) is 4.42. The van der Waals surface area contributed by atoms with Gasteiger partial charge < -0.3 is 10.1 Å². The summed E-state index contributed by atoms with van der Waals surface area (Å²) in [4.78, 5) is 22.2. The van der Waals surface area contributed by atoms with Gasteiger partial charge in [0.25, 0.3) is 0 Å². The first-order valence-electron chi connectivity index (χ1n) is 10.5. The number of nitrogens with one attached hydrogen (secondary N) is 1. The molecule has 0 fully saturated rings. The Balaban J connectivity index is 1.84. The molecule has 31 heavy (non-hydrogen) atoms. The summed E-state index contributed by atoms with van der Waals surface area (Å²) in [6.45, 7) is 4.62. The van der Waals surface area contributed by atoms with Gasteiger partial charge in [-0.05, 0) is 37.1 Å². The van der Waals surface area contributed by atoms with E-state index >= 15 is 0 Å². The number of hydrogen-bond donors (Lipinski definition) is 1. The fourth-order valence-electron chi connectivity index (χ4n) is 3.72. The van der Waals surface area contributed by atoms with Gasteiger partial charge in [0.2, 0.25) is 0 Å². The lowest BCUT2D eigenvalue weighted by atomic mass is 9.94. The highest BCUT2D eigenvalue weighted by atomic mass is 16.5. The van der Waals surface area contributed by atoms with Gasteiger partial charge in [-0.2, -0.15) is 0 Å². The third kappa shape index (κ3) is 4.47. The number of esters is 1. The van der Waals surface area contributed by atoms with Gasteiger partial charge in [-0.3, -0.25) is 9.97 Å². The Hall–Kier alpha value is -3.57. The molecule has 5 heteroatoms. The second kappa shape index (κ2) is 9.49. The Morgan fingerprint density at radius 3 is 2.55 bits per heavy atom. The minimum Gasteiger partial charge on any atom is -0.462 e. The SMILES string of the molecule is CCOC(=O)c1c(CNC(C)c2cccnc2)nc2ccccc2c1-c1ccccc1. The number of hydrogen-bond acceptors (Lipinski definition) is 5. The summed E-state index contributed by atoms with van der Waals surface area (Å²) < 4.78 is 5.45. The van der Waals surface area contributed by atoms with Gasteiger partial charge in [0.15, 0.2) is 0 Å². The van der Waals surface area contributed by atoms with Crippen LogP contribution >= 0.6 is 0 Å². The van der Waals surface area contributed by atoms with E-state index in [0.717, 1.165) is 27.6 Å². The molecular formula is C26H25N3O2. The highest BCUT2D eigenvalue weighted by molar-refractivity contribution is 6.07. The largest absolute Gasteiger partial charge is 0.462 e. The Kier molecular flexibility index (Phi) is 6.34. The van der Waals surface area contributed by atoms with Crippen molar-refractivity contribution in [1.29, 1.82) is 0 Å². The second-order valence-electron chi connectivity index (χ2n) is 7.30. The normalized spacial score (nSPS) is 11.9. The van der Waals surface area contributed by atoms with E-state index in [1.54, 1.807) is 6.20 Å². The summed E-state index contributed by atoms with van der Waals surface area (Å²) in [6, 6.07) is 21.8. The quantitative estimate of drug-likeness (QED) is 0.417. The molecule has 1 N–H and O–H groups in total. The van der Waals surface area contributed by atoms with Crippen molar-refractivity contribution in [1.82, 2.24) is 15.3 Å². The molecule has 0 saturated carbocycles. The molecule has 5 nitrogen and oxygen atoms in total. The molecule has 156 valence electrons. The molecule has 0 aliphatic heterocycles. The Labute approximate surface area is 182 Å². The monoisotopic (exact) mass is 411 g/mol. The molecule has 2 aromatic carbocycles. The topological polar surface area (TPSA) is 64.1 Å². The van der Waals surface area contributed by atoms with E-state index in [2.05, 4.69) is 17.2 Å². The summed E-state index contributed by atoms with van der Waals surface area (Å²) >= 11 is 0. The lowest BCUT2D eigenvalue weighted by Crippen LogP contribution is -2.22. The average molecular weight is 412 g/mol. The molecule has 2 heterocycles. The molecule has 0 amide bonds. The van der Waals surface area contributed by atoms with E-state index < -0.39 is 0 Å². The summed E-state index contributed by atoms with van der Waals surface area (Å²) in [5.41, 5.74) is 4.93. The van der Waals surface area contributed by atoms with Crippen molar-refractivity contribution < 1.29 is 9.53 Å². The minimum absolute atomic E-state index is 0.0530. The van der Waals surface area contributed by atoms with Crippen molar-refractivity contribution >= 4 is 16.9 Å². The van der Waals surface area contributed by atoms with Gasteiger partial charge >= 0.3 is 5.97 Å². The van der Waals surface area contributed by atoms with Crippen molar-refractivity contribution in [3.63, 3.8) is 0 Å². The molecule has 0 aliphatic rings. The van der Waals surface area contributed by atoms with Crippen LogP contribution in [-0.2, 0) is 11.3 Å². The van der Waals surface area contributed by atoms with Crippen LogP contribution in [0.3, 0.4) is 0 Å². The summed E-state index contributed by atoms with van der Waals surface area (Å²) in [7, 11) is 0. The number of aromatic nitrogens is 2. The van der Waals surface area contributed by atoms with Gasteiger partial charge in [0.05, 0.1) is 23.4 Å². The van der Waals surface area contributed by atoms with E-state index in [1.165, 1.54) is 0 Å². The molecule has 4 aromatic rings. The average Bonchev–Trinajstić information content (AvgIpc) is 2.82. The van der Waals surface area contributed by atoms with Crippen LogP contribution in [0.1, 0.15) is 41.5 Å². The fourth-order valence-corrected chi connectivity index (χ4v) is 3.72. The molecule has 0 saturated heterocycles. The highest BCUT2D eigenvalue weighted by Crippen LogP contribution is 2.34. The predicted molar refractivity (Wildman–Crippen MR) is 123 cm³/mol. The molecule has 0 radical (unpaired) electrons. The maximum atomic E-state index is 13.1. The number of pyridine rings is 2. The molecule has 0 aliphatic carbocycles. The number of rotatable bonds is 7. The van der Waals surface area contributed by atoms with Crippen LogP contribution in [0.5, 0.6) is 0 Å². The zero-order valence-corrected chi connectivity index (χ0v) is 17.7. The van der Waals surface area contributed by atoms with Gasteiger partial charge in [0, 0.05) is 35.9 Å². The van der Waals surface area contributed by atoms with E-state index in [0.29, 0.717) is 24.4 Å². The highest BCUT2D eigenvalue weighted by Gasteiger charge is 2.23. The third-order valence-electron chi connectivity index (χ3n) is 5.27. The van der Waals surface area contributed by atoms with Crippen LogP contribution < -0.4 is 5.32 Å². The Morgan fingerprint density at radius 1 is 1.03 bits per heavy atom. The number of fused-ring (bicyclic) bond motifs is 1. The number of carbonyl (C=O) groups excluding carboxylic acids is 1. The maximum absolute atomic E-state index is 13.1. The summed E-state index contributed by atoms with van der Waals surface area (Å²) in [5.74, 6) is -0.356. The van der Waals surface area contributed by atoms with Gasteiger partial charge in [-0.25, -0.2) is 4.79 Å². The molecule has 4 rings (SSSR count). The van der Waals surface area contributed by atoms with Crippen molar-refractivity contribution in [3.05, 3.63) is 95.9 Å². The number of carbonyl (C=O) groups is 1. The van der Waals surface area contributed by atoms with Crippen LogP contribution in [-0.4, -0.2) is 22.5 Å².